The third-order valence-corrected chi connectivity index (χ3v) is 1.88. The molecule has 1 rings (SSSR count). The minimum Gasteiger partial charge on any atom is -0.492 e. The number of nitrogens with zero attached hydrogens (tertiary/aromatic N) is 1. The van der Waals surface area contributed by atoms with Crippen LogP contribution in [0.5, 0.6) is 0 Å². The fraction of sp³-hybridized carbons (Fsp3) is 0.556. The van der Waals surface area contributed by atoms with Crippen molar-refractivity contribution in [3.05, 3.63) is 28.5 Å². The van der Waals surface area contributed by atoms with E-state index < -0.39 is 0 Å². The fourth-order valence-corrected chi connectivity index (χ4v) is 1.23. The van der Waals surface area contributed by atoms with E-state index in [1.807, 2.05) is 26.0 Å². The van der Waals surface area contributed by atoms with E-state index >= 15 is 0 Å². The molecule has 1 atom stereocenters. The highest BCUT2D eigenvalue weighted by atomic mass is 16.5. The van der Waals surface area contributed by atoms with Crippen LogP contribution in [0.2, 0.25) is 0 Å². The Morgan fingerprint density at radius 3 is 3.08 bits per heavy atom. The van der Waals surface area contributed by atoms with Crippen LogP contribution in [0.3, 0.4) is 0 Å². The van der Waals surface area contributed by atoms with Crippen LogP contribution in [0.25, 0.3) is 0 Å². The van der Waals surface area contributed by atoms with E-state index in [-0.39, 0.29) is 5.92 Å². The second-order valence-corrected chi connectivity index (χ2v) is 2.81. The molecule has 0 N–H and O–H groups in total. The van der Waals surface area contributed by atoms with Crippen LogP contribution in [0.15, 0.2) is 28.8 Å². The SMILES string of the molecule is CCOC1=C(N=O)C(C)CC=C1. The molecule has 66 valence electrons. The first kappa shape index (κ1) is 8.97. The molecule has 0 heterocycles. The Morgan fingerprint density at radius 2 is 2.50 bits per heavy atom. The van der Waals surface area contributed by atoms with Crippen LogP contribution in [-0.2, 0) is 4.74 Å². The summed E-state index contributed by atoms with van der Waals surface area (Å²) < 4.78 is 5.26. The molecule has 1 aliphatic carbocycles. The Morgan fingerprint density at radius 1 is 1.75 bits per heavy atom. The normalized spacial score (nSPS) is 22.7. The molecule has 0 aromatic rings. The number of nitroso groups, excluding NO2 is 1. The lowest BCUT2D eigenvalue weighted by Gasteiger charge is -2.15. The number of rotatable bonds is 3. The Kier molecular flexibility index (Phi) is 3.02. The van der Waals surface area contributed by atoms with Gasteiger partial charge >= 0.3 is 0 Å². The Balaban J connectivity index is 2.86. The molecule has 0 amide bonds. The highest BCUT2D eigenvalue weighted by Crippen LogP contribution is 2.26. The molecule has 1 aliphatic rings. The number of hydrogen-bond donors (Lipinski definition) is 0. The molecule has 0 radical (unpaired) electrons. The molecule has 0 aliphatic heterocycles. The molecule has 0 bridgehead atoms. The lowest BCUT2D eigenvalue weighted by molar-refractivity contribution is 0.233. The van der Waals surface area contributed by atoms with E-state index in [4.69, 9.17) is 4.74 Å². The first-order valence-electron chi connectivity index (χ1n) is 4.16. The van der Waals surface area contributed by atoms with Gasteiger partial charge in [-0.3, -0.25) is 0 Å². The van der Waals surface area contributed by atoms with Crippen LogP contribution >= 0.6 is 0 Å². The summed E-state index contributed by atoms with van der Waals surface area (Å²) in [7, 11) is 0. The zero-order valence-electron chi connectivity index (χ0n) is 7.41. The van der Waals surface area contributed by atoms with E-state index in [1.165, 1.54) is 0 Å². The maximum atomic E-state index is 10.4. The monoisotopic (exact) mass is 167 g/mol. The molecular weight excluding hydrogens is 154 g/mol. The highest BCUT2D eigenvalue weighted by molar-refractivity contribution is 5.25. The molecule has 0 aromatic carbocycles. The summed E-state index contributed by atoms with van der Waals surface area (Å²) in [6.45, 7) is 4.44. The lowest BCUT2D eigenvalue weighted by Crippen LogP contribution is -2.05. The standard InChI is InChI=1S/C9H13NO2/c1-3-12-8-6-4-5-7(2)9(8)10-11/h4,6-7H,3,5H2,1-2H3. The predicted molar refractivity (Wildman–Crippen MR) is 47.4 cm³/mol. The van der Waals surface area contributed by atoms with Gasteiger partial charge in [0.25, 0.3) is 0 Å². The topological polar surface area (TPSA) is 38.7 Å². The lowest BCUT2D eigenvalue weighted by atomic mass is 9.98. The zero-order valence-corrected chi connectivity index (χ0v) is 7.41. The van der Waals surface area contributed by atoms with Gasteiger partial charge in [0.05, 0.1) is 6.61 Å². The molecule has 3 heteroatoms. The smallest absolute Gasteiger partial charge is 0.144 e. The van der Waals surface area contributed by atoms with E-state index in [9.17, 15) is 4.91 Å². The minimum atomic E-state index is 0.189. The highest BCUT2D eigenvalue weighted by Gasteiger charge is 2.17. The summed E-state index contributed by atoms with van der Waals surface area (Å²) in [5.41, 5.74) is 0.541. The van der Waals surface area contributed by atoms with E-state index in [0.717, 1.165) is 6.42 Å². The molecule has 3 nitrogen and oxygen atoms in total. The van der Waals surface area contributed by atoms with Crippen molar-refractivity contribution in [2.75, 3.05) is 6.61 Å². The van der Waals surface area contributed by atoms with E-state index in [0.29, 0.717) is 18.1 Å². The van der Waals surface area contributed by atoms with Gasteiger partial charge in [0.2, 0.25) is 0 Å². The molecule has 0 fully saturated rings. The van der Waals surface area contributed by atoms with Gasteiger partial charge in [-0.1, -0.05) is 13.0 Å². The van der Waals surface area contributed by atoms with Gasteiger partial charge in [-0.2, -0.15) is 0 Å². The Hall–Kier alpha value is -1.12. The largest absolute Gasteiger partial charge is 0.492 e. The molecule has 12 heavy (non-hydrogen) atoms. The quantitative estimate of drug-likeness (QED) is 0.606. The van der Waals surface area contributed by atoms with E-state index in [2.05, 4.69) is 5.18 Å². The maximum Gasteiger partial charge on any atom is 0.144 e. The van der Waals surface area contributed by atoms with Crippen molar-refractivity contribution in [3.63, 3.8) is 0 Å². The second-order valence-electron chi connectivity index (χ2n) is 2.81. The first-order chi connectivity index (χ1) is 5.79. The van der Waals surface area contributed by atoms with Gasteiger partial charge in [0, 0.05) is 5.92 Å². The number of ether oxygens (including phenoxy) is 1. The molecule has 0 spiro atoms. The number of allylic oxidation sites excluding steroid dienone is 3. The van der Waals surface area contributed by atoms with Gasteiger partial charge in [-0.25, -0.2) is 0 Å². The molecular formula is C9H13NO2. The van der Waals surface area contributed by atoms with Gasteiger partial charge in [-0.15, -0.1) is 4.91 Å². The molecule has 1 unspecified atom stereocenters. The third kappa shape index (κ3) is 1.72. The fourth-order valence-electron chi connectivity index (χ4n) is 1.23. The van der Waals surface area contributed by atoms with Crippen molar-refractivity contribution in [1.82, 2.24) is 0 Å². The van der Waals surface area contributed by atoms with Crippen molar-refractivity contribution < 1.29 is 4.74 Å². The van der Waals surface area contributed by atoms with Crippen LogP contribution in [0.1, 0.15) is 20.3 Å². The zero-order chi connectivity index (χ0) is 8.97. The summed E-state index contributed by atoms with van der Waals surface area (Å²) in [6, 6.07) is 0. The summed E-state index contributed by atoms with van der Waals surface area (Å²) in [6.07, 6.45) is 4.70. The Bertz CT molecular complexity index is 231. The van der Waals surface area contributed by atoms with Gasteiger partial charge in [0.15, 0.2) is 0 Å². The van der Waals surface area contributed by atoms with E-state index in [1.54, 1.807) is 0 Å². The second kappa shape index (κ2) is 4.04. The summed E-state index contributed by atoms with van der Waals surface area (Å²) in [4.78, 5) is 10.4. The van der Waals surface area contributed by atoms with Crippen LogP contribution in [0.4, 0.5) is 0 Å². The van der Waals surface area contributed by atoms with Crippen LogP contribution < -0.4 is 0 Å². The van der Waals surface area contributed by atoms with Crippen LogP contribution in [-0.4, -0.2) is 6.61 Å². The third-order valence-electron chi connectivity index (χ3n) is 1.88. The summed E-state index contributed by atoms with van der Waals surface area (Å²) >= 11 is 0. The average molecular weight is 167 g/mol. The Labute approximate surface area is 72.1 Å². The van der Waals surface area contributed by atoms with Gasteiger partial charge in [-0.05, 0) is 24.6 Å². The van der Waals surface area contributed by atoms with Gasteiger partial charge < -0.3 is 4.74 Å². The summed E-state index contributed by atoms with van der Waals surface area (Å²) in [5, 5.41) is 2.98. The maximum absolute atomic E-state index is 10.4. The van der Waals surface area contributed by atoms with Crippen molar-refractivity contribution in [2.45, 2.75) is 20.3 Å². The average Bonchev–Trinajstić information content (AvgIpc) is 2.05. The minimum absolute atomic E-state index is 0.189. The first-order valence-corrected chi connectivity index (χ1v) is 4.16. The van der Waals surface area contributed by atoms with Crippen LogP contribution in [0, 0.1) is 10.8 Å². The number of hydrogen-bond acceptors (Lipinski definition) is 3. The molecule has 0 aromatic heterocycles. The van der Waals surface area contributed by atoms with Gasteiger partial charge in [0.1, 0.15) is 11.5 Å². The molecule has 0 saturated heterocycles. The summed E-state index contributed by atoms with van der Waals surface area (Å²) in [5.74, 6) is 0.820. The van der Waals surface area contributed by atoms with Crippen molar-refractivity contribution in [3.8, 4) is 0 Å². The van der Waals surface area contributed by atoms with Crippen molar-refractivity contribution >= 4 is 0 Å². The predicted octanol–water partition coefficient (Wildman–Crippen LogP) is 2.60. The van der Waals surface area contributed by atoms with Crippen molar-refractivity contribution in [2.24, 2.45) is 11.1 Å². The van der Waals surface area contributed by atoms with Crippen molar-refractivity contribution in [1.29, 1.82) is 0 Å². The molecule has 0 saturated carbocycles.